The first-order valence-electron chi connectivity index (χ1n) is 19.0. The molecule has 2 aromatic carbocycles. The first-order valence-corrected chi connectivity index (χ1v) is 19.3. The second kappa shape index (κ2) is 15.8. The number of hydrogen-bond acceptors (Lipinski definition) is 13. The maximum Gasteiger partial charge on any atom is 0.262 e. The van der Waals surface area contributed by atoms with Crippen LogP contribution in [0.5, 0.6) is 5.75 Å². The Morgan fingerprint density at radius 3 is 2.41 bits per heavy atom. The van der Waals surface area contributed by atoms with Gasteiger partial charge in [-0.15, -0.1) is 10.2 Å². The predicted molar refractivity (Wildman–Crippen MR) is 204 cm³/mol. The largest absolute Gasteiger partial charge is 0.489 e. The summed E-state index contributed by atoms with van der Waals surface area (Å²) in [6, 6.07) is 14.5. The quantitative estimate of drug-likeness (QED) is 0.268. The summed E-state index contributed by atoms with van der Waals surface area (Å²) in [6.45, 7) is 6.54. The molecule has 4 saturated heterocycles. The molecule has 0 spiro atoms. The number of piperazine rings is 1. The van der Waals surface area contributed by atoms with Gasteiger partial charge in [-0.05, 0) is 67.6 Å². The van der Waals surface area contributed by atoms with Gasteiger partial charge >= 0.3 is 0 Å². The number of rotatable bonds is 9. The molecular formula is C39H41ClN10O6. The number of benzene rings is 2. The first kappa shape index (κ1) is 37.3. The zero-order chi connectivity index (χ0) is 38.9. The van der Waals surface area contributed by atoms with Crippen LogP contribution in [0.1, 0.15) is 58.4 Å². The lowest BCUT2D eigenvalue weighted by atomic mass is 9.96. The third-order valence-electron chi connectivity index (χ3n) is 11.3. The van der Waals surface area contributed by atoms with Gasteiger partial charge in [-0.25, -0.2) is 0 Å². The van der Waals surface area contributed by atoms with E-state index in [0.29, 0.717) is 46.6 Å². The molecule has 290 valence electrons. The van der Waals surface area contributed by atoms with Crippen molar-refractivity contribution in [2.45, 2.75) is 50.3 Å². The average Bonchev–Trinajstić information content (AvgIpc) is 3.77. The standard InChI is InChI=1S/C39H41ClN10O6/c40-30-18-26(3-1-24(30)20-41)56-27-19-31(42-21-27)36(52)43-33-6-7-34(46-45-33)49-11-9-23(10-12-49)22-47-13-15-48(16-14-47)25-2-4-28-29(17-25)39(55)50(38(28)54)32-5-8-35(51)44-37(32)53/h1-4,6-7,17-18,23,27,31-32,42H,5,8-16,19,21-22H2,(H,43,45,52)(H,44,51,53)/t27-,31+,32?/m0/s1. The van der Waals surface area contributed by atoms with Gasteiger partial charge in [0.15, 0.2) is 11.6 Å². The monoisotopic (exact) mass is 780 g/mol. The van der Waals surface area contributed by atoms with Crippen molar-refractivity contribution in [3.8, 4) is 11.8 Å². The molecule has 3 atom stereocenters. The Morgan fingerprint density at radius 1 is 0.911 bits per heavy atom. The van der Waals surface area contributed by atoms with Crippen LogP contribution in [0.3, 0.4) is 0 Å². The number of carbonyl (C=O) groups excluding carboxylic acids is 5. The number of anilines is 3. The number of piperidine rings is 2. The number of ether oxygens (including phenoxy) is 1. The van der Waals surface area contributed by atoms with E-state index < -0.39 is 35.7 Å². The number of aromatic nitrogens is 2. The van der Waals surface area contributed by atoms with Gasteiger partial charge in [-0.1, -0.05) is 11.6 Å². The zero-order valence-corrected chi connectivity index (χ0v) is 31.3. The minimum absolute atomic E-state index is 0.0862. The number of amides is 5. The molecule has 5 aliphatic heterocycles. The SMILES string of the molecule is N#Cc1ccc(O[C@@H]2CN[C@@H](C(=O)Nc3ccc(N4CCC(CN5CCN(c6ccc7c(c6)C(=O)N(C6CCC(=O)NC6=O)C7=O)CC5)CC4)nn3)C2)cc1Cl. The lowest BCUT2D eigenvalue weighted by molar-refractivity contribution is -0.136. The average molecular weight is 781 g/mol. The van der Waals surface area contributed by atoms with Crippen molar-refractivity contribution in [3.63, 3.8) is 0 Å². The van der Waals surface area contributed by atoms with Crippen molar-refractivity contribution in [2.24, 2.45) is 5.92 Å². The van der Waals surface area contributed by atoms with Crippen LogP contribution in [0.2, 0.25) is 5.02 Å². The zero-order valence-electron chi connectivity index (χ0n) is 30.6. The van der Waals surface area contributed by atoms with Gasteiger partial charge in [-0.3, -0.25) is 39.1 Å². The number of hydrogen-bond donors (Lipinski definition) is 3. The molecule has 3 aromatic rings. The van der Waals surface area contributed by atoms with E-state index in [2.05, 4.69) is 40.8 Å². The summed E-state index contributed by atoms with van der Waals surface area (Å²) < 4.78 is 5.97. The highest BCUT2D eigenvalue weighted by atomic mass is 35.5. The smallest absolute Gasteiger partial charge is 0.262 e. The number of imide groups is 2. The van der Waals surface area contributed by atoms with Crippen LogP contribution in [0.15, 0.2) is 48.5 Å². The number of nitrogens with one attached hydrogen (secondary N) is 3. The van der Waals surface area contributed by atoms with Gasteiger partial charge in [0.1, 0.15) is 24.0 Å². The van der Waals surface area contributed by atoms with Crippen LogP contribution in [0.4, 0.5) is 17.3 Å². The normalized spacial score (nSPS) is 23.2. The van der Waals surface area contributed by atoms with E-state index in [0.717, 1.165) is 75.1 Å². The van der Waals surface area contributed by atoms with Crippen LogP contribution in [0, 0.1) is 17.2 Å². The maximum atomic E-state index is 13.3. The number of halogens is 1. The third kappa shape index (κ3) is 7.75. The van der Waals surface area contributed by atoms with Gasteiger partial charge in [0.25, 0.3) is 11.8 Å². The second-order valence-corrected chi connectivity index (χ2v) is 15.3. The Kier molecular flexibility index (Phi) is 10.6. The van der Waals surface area contributed by atoms with Crippen LogP contribution < -0.4 is 30.5 Å². The Bertz CT molecular complexity index is 2090. The van der Waals surface area contributed by atoms with Crippen LogP contribution in [-0.2, 0) is 14.4 Å². The highest BCUT2D eigenvalue weighted by Gasteiger charge is 2.45. The summed E-state index contributed by atoms with van der Waals surface area (Å²) in [5.41, 5.74) is 1.83. The van der Waals surface area contributed by atoms with E-state index in [1.165, 1.54) is 0 Å². The number of carbonyl (C=O) groups is 5. The van der Waals surface area contributed by atoms with Crippen LogP contribution in [0.25, 0.3) is 0 Å². The topological polar surface area (TPSA) is 193 Å². The third-order valence-corrected chi connectivity index (χ3v) is 11.6. The fraction of sp³-hybridized carbons (Fsp3) is 0.436. The van der Waals surface area contributed by atoms with Gasteiger partial charge in [0, 0.05) is 77.0 Å². The Morgan fingerprint density at radius 2 is 1.70 bits per heavy atom. The number of nitriles is 1. The Hall–Kier alpha value is -5.63. The molecule has 0 aliphatic carbocycles. The first-order chi connectivity index (χ1) is 27.1. The molecule has 1 unspecified atom stereocenters. The van der Waals surface area contributed by atoms with Crippen LogP contribution in [-0.4, -0.2) is 120 Å². The summed E-state index contributed by atoms with van der Waals surface area (Å²) >= 11 is 6.12. The number of nitrogens with zero attached hydrogens (tertiary/aromatic N) is 7. The molecule has 6 heterocycles. The van der Waals surface area contributed by atoms with Gasteiger partial charge < -0.3 is 25.2 Å². The maximum absolute atomic E-state index is 13.3. The summed E-state index contributed by atoms with van der Waals surface area (Å²) in [5.74, 6) is 0.0342. The molecule has 5 amide bonds. The molecule has 0 saturated carbocycles. The van der Waals surface area contributed by atoms with Crippen molar-refractivity contribution in [1.29, 1.82) is 5.26 Å². The molecule has 8 rings (SSSR count). The summed E-state index contributed by atoms with van der Waals surface area (Å²) in [5, 5.41) is 26.4. The molecular weight excluding hydrogens is 740 g/mol. The Balaban J connectivity index is 0.762. The molecule has 5 aliphatic rings. The molecule has 1 aromatic heterocycles. The summed E-state index contributed by atoms with van der Waals surface area (Å²) in [6.07, 6.45) is 2.51. The van der Waals surface area contributed by atoms with Gasteiger partial charge in [0.05, 0.1) is 27.8 Å². The predicted octanol–water partition coefficient (Wildman–Crippen LogP) is 2.19. The lowest BCUT2D eigenvalue weighted by Gasteiger charge is -2.39. The fourth-order valence-corrected chi connectivity index (χ4v) is 8.39. The van der Waals surface area contributed by atoms with Crippen molar-refractivity contribution in [1.82, 2.24) is 30.6 Å². The minimum atomic E-state index is -0.979. The van der Waals surface area contributed by atoms with Crippen molar-refractivity contribution in [3.05, 3.63) is 70.2 Å². The molecule has 17 heteroatoms. The number of fused-ring (bicyclic) bond motifs is 1. The second-order valence-electron chi connectivity index (χ2n) is 14.9. The van der Waals surface area contributed by atoms with E-state index in [9.17, 15) is 24.0 Å². The van der Waals surface area contributed by atoms with Crippen molar-refractivity contribution < 1.29 is 28.7 Å². The van der Waals surface area contributed by atoms with Gasteiger partial charge in [-0.2, -0.15) is 5.26 Å². The van der Waals surface area contributed by atoms with E-state index in [-0.39, 0.29) is 30.4 Å². The summed E-state index contributed by atoms with van der Waals surface area (Å²) in [7, 11) is 0. The highest BCUT2D eigenvalue weighted by Crippen LogP contribution is 2.32. The minimum Gasteiger partial charge on any atom is -0.489 e. The van der Waals surface area contributed by atoms with E-state index in [4.69, 9.17) is 21.6 Å². The fourth-order valence-electron chi connectivity index (χ4n) is 8.17. The molecule has 16 nitrogen and oxygen atoms in total. The van der Waals surface area contributed by atoms with E-state index in [1.54, 1.807) is 36.4 Å². The molecule has 3 N–H and O–H groups in total. The Labute approximate surface area is 328 Å². The van der Waals surface area contributed by atoms with E-state index >= 15 is 0 Å². The summed E-state index contributed by atoms with van der Waals surface area (Å²) in [4.78, 5) is 71.3. The van der Waals surface area contributed by atoms with Crippen LogP contribution >= 0.6 is 11.6 Å². The molecule has 56 heavy (non-hydrogen) atoms. The van der Waals surface area contributed by atoms with Crippen molar-refractivity contribution in [2.75, 3.05) is 67.5 Å². The highest BCUT2D eigenvalue weighted by molar-refractivity contribution is 6.31. The van der Waals surface area contributed by atoms with E-state index in [1.807, 2.05) is 18.2 Å². The molecule has 4 fully saturated rings. The molecule has 0 bridgehead atoms. The van der Waals surface area contributed by atoms with Gasteiger partial charge in [0.2, 0.25) is 17.7 Å². The molecule has 0 radical (unpaired) electrons. The van der Waals surface area contributed by atoms with Crippen molar-refractivity contribution >= 4 is 58.5 Å². The lowest BCUT2D eigenvalue weighted by Crippen LogP contribution is -2.54.